The SMILES string of the molecule is CC(C)C(N)CS(=O)c1ccc(Cl)cc1. The van der Waals surface area contributed by atoms with Crippen molar-refractivity contribution in [1.82, 2.24) is 0 Å². The molecule has 1 aromatic carbocycles. The standard InChI is InChI=1S/C11H16ClNOS/c1-8(2)11(13)7-15(14)10-5-3-9(12)4-6-10/h3-6,8,11H,7,13H2,1-2H3. The number of hydrogen-bond acceptors (Lipinski definition) is 2. The molecule has 2 atom stereocenters. The van der Waals surface area contributed by atoms with E-state index in [1.165, 1.54) is 0 Å². The summed E-state index contributed by atoms with van der Waals surface area (Å²) in [5.41, 5.74) is 5.87. The van der Waals surface area contributed by atoms with Crippen molar-refractivity contribution in [3.63, 3.8) is 0 Å². The molecule has 0 aliphatic rings. The van der Waals surface area contributed by atoms with Crippen LogP contribution in [0.25, 0.3) is 0 Å². The van der Waals surface area contributed by atoms with Gasteiger partial charge in [0.25, 0.3) is 0 Å². The predicted octanol–water partition coefficient (Wildman–Crippen LogP) is 2.43. The van der Waals surface area contributed by atoms with Gasteiger partial charge in [0.15, 0.2) is 0 Å². The Hall–Kier alpha value is -0.380. The van der Waals surface area contributed by atoms with Crippen LogP contribution < -0.4 is 5.73 Å². The van der Waals surface area contributed by atoms with Crippen LogP contribution in [0.15, 0.2) is 29.2 Å². The largest absolute Gasteiger partial charge is 0.327 e. The van der Waals surface area contributed by atoms with Gasteiger partial charge in [0, 0.05) is 21.7 Å². The molecule has 0 fully saturated rings. The summed E-state index contributed by atoms with van der Waals surface area (Å²) >= 11 is 5.75. The van der Waals surface area contributed by atoms with Gasteiger partial charge in [-0.25, -0.2) is 0 Å². The van der Waals surface area contributed by atoms with Gasteiger partial charge in [-0.3, -0.25) is 4.21 Å². The maximum absolute atomic E-state index is 11.9. The van der Waals surface area contributed by atoms with Crippen LogP contribution in [0.3, 0.4) is 0 Å². The first-order valence-electron chi connectivity index (χ1n) is 4.90. The lowest BCUT2D eigenvalue weighted by Gasteiger charge is -2.14. The summed E-state index contributed by atoms with van der Waals surface area (Å²) < 4.78 is 11.9. The molecule has 0 spiro atoms. The Bertz CT molecular complexity index is 337. The minimum atomic E-state index is -1.03. The molecule has 0 aliphatic heterocycles. The van der Waals surface area contributed by atoms with Crippen LogP contribution in [0, 0.1) is 5.92 Å². The van der Waals surface area contributed by atoms with Crippen molar-refractivity contribution >= 4 is 22.4 Å². The monoisotopic (exact) mass is 245 g/mol. The molecule has 0 radical (unpaired) electrons. The molecule has 0 aromatic heterocycles. The van der Waals surface area contributed by atoms with Crippen LogP contribution in [-0.2, 0) is 10.8 Å². The Morgan fingerprint density at radius 1 is 1.33 bits per heavy atom. The van der Waals surface area contributed by atoms with Crippen molar-refractivity contribution in [2.24, 2.45) is 11.7 Å². The Morgan fingerprint density at radius 2 is 1.87 bits per heavy atom. The Balaban J connectivity index is 2.65. The van der Waals surface area contributed by atoms with E-state index in [1.807, 2.05) is 13.8 Å². The summed E-state index contributed by atoms with van der Waals surface area (Å²) in [7, 11) is -1.03. The molecule has 0 amide bonds. The summed E-state index contributed by atoms with van der Waals surface area (Å²) in [5, 5.41) is 0.656. The average Bonchev–Trinajstić information content (AvgIpc) is 2.18. The molecule has 0 aliphatic carbocycles. The Kier molecular flexibility index (Phi) is 4.77. The molecule has 15 heavy (non-hydrogen) atoms. The summed E-state index contributed by atoms with van der Waals surface area (Å²) in [4.78, 5) is 0.788. The van der Waals surface area contributed by atoms with Crippen molar-refractivity contribution in [3.8, 4) is 0 Å². The lowest BCUT2D eigenvalue weighted by atomic mass is 10.1. The van der Waals surface area contributed by atoms with Crippen LogP contribution >= 0.6 is 11.6 Å². The molecule has 0 saturated carbocycles. The number of benzene rings is 1. The van der Waals surface area contributed by atoms with E-state index in [0.717, 1.165) is 4.90 Å². The molecular formula is C11H16ClNOS. The molecule has 2 unspecified atom stereocenters. The highest BCUT2D eigenvalue weighted by molar-refractivity contribution is 7.85. The highest BCUT2D eigenvalue weighted by Gasteiger charge is 2.13. The van der Waals surface area contributed by atoms with Crippen LogP contribution in [0.4, 0.5) is 0 Å². The van der Waals surface area contributed by atoms with Gasteiger partial charge in [-0.15, -0.1) is 0 Å². The quantitative estimate of drug-likeness (QED) is 0.886. The highest BCUT2D eigenvalue weighted by atomic mass is 35.5. The minimum Gasteiger partial charge on any atom is -0.327 e. The van der Waals surface area contributed by atoms with E-state index in [1.54, 1.807) is 24.3 Å². The lowest BCUT2D eigenvalue weighted by Crippen LogP contribution is -2.32. The van der Waals surface area contributed by atoms with Crippen molar-refractivity contribution in [2.75, 3.05) is 5.75 Å². The third-order valence-electron chi connectivity index (χ3n) is 2.28. The molecule has 84 valence electrons. The van der Waals surface area contributed by atoms with Crippen molar-refractivity contribution in [2.45, 2.75) is 24.8 Å². The van der Waals surface area contributed by atoms with Gasteiger partial charge in [0.2, 0.25) is 0 Å². The molecule has 0 bridgehead atoms. The fraction of sp³-hybridized carbons (Fsp3) is 0.455. The smallest absolute Gasteiger partial charge is 0.0545 e. The van der Waals surface area contributed by atoms with E-state index in [4.69, 9.17) is 17.3 Å². The number of rotatable bonds is 4. The van der Waals surface area contributed by atoms with E-state index in [2.05, 4.69) is 0 Å². The van der Waals surface area contributed by atoms with Crippen molar-refractivity contribution in [3.05, 3.63) is 29.3 Å². The first-order chi connectivity index (χ1) is 7.00. The molecular weight excluding hydrogens is 230 g/mol. The topological polar surface area (TPSA) is 43.1 Å². The second kappa shape index (κ2) is 5.64. The van der Waals surface area contributed by atoms with E-state index >= 15 is 0 Å². The third-order valence-corrected chi connectivity index (χ3v) is 4.01. The zero-order chi connectivity index (χ0) is 11.4. The van der Waals surface area contributed by atoms with Crippen LogP contribution in [-0.4, -0.2) is 16.0 Å². The normalized spacial score (nSPS) is 15.3. The van der Waals surface area contributed by atoms with E-state index in [-0.39, 0.29) is 6.04 Å². The predicted molar refractivity (Wildman–Crippen MR) is 65.5 cm³/mol. The maximum Gasteiger partial charge on any atom is 0.0545 e. The summed E-state index contributed by atoms with van der Waals surface area (Å²) in [6.07, 6.45) is 0. The fourth-order valence-electron chi connectivity index (χ4n) is 1.05. The van der Waals surface area contributed by atoms with Crippen LogP contribution in [0.2, 0.25) is 5.02 Å². The summed E-state index contributed by atoms with van der Waals surface area (Å²) in [5.74, 6) is 0.848. The lowest BCUT2D eigenvalue weighted by molar-refractivity contribution is 0.530. The molecule has 2 nitrogen and oxygen atoms in total. The molecule has 2 N–H and O–H groups in total. The number of nitrogens with two attached hydrogens (primary N) is 1. The first kappa shape index (κ1) is 12.7. The van der Waals surface area contributed by atoms with Crippen molar-refractivity contribution < 1.29 is 4.21 Å². The van der Waals surface area contributed by atoms with E-state index in [9.17, 15) is 4.21 Å². The Morgan fingerprint density at radius 3 is 2.33 bits per heavy atom. The van der Waals surface area contributed by atoms with Crippen LogP contribution in [0.1, 0.15) is 13.8 Å². The highest BCUT2D eigenvalue weighted by Crippen LogP contribution is 2.14. The first-order valence-corrected chi connectivity index (χ1v) is 6.60. The second-order valence-corrected chi connectivity index (χ2v) is 5.81. The fourth-order valence-corrected chi connectivity index (χ4v) is 2.54. The van der Waals surface area contributed by atoms with Gasteiger partial charge >= 0.3 is 0 Å². The molecule has 0 heterocycles. The van der Waals surface area contributed by atoms with E-state index in [0.29, 0.717) is 16.7 Å². The number of halogens is 1. The zero-order valence-corrected chi connectivity index (χ0v) is 10.5. The van der Waals surface area contributed by atoms with Gasteiger partial charge in [-0.1, -0.05) is 25.4 Å². The maximum atomic E-state index is 11.9. The van der Waals surface area contributed by atoms with Gasteiger partial charge in [0.1, 0.15) is 0 Å². The van der Waals surface area contributed by atoms with Gasteiger partial charge in [0.05, 0.1) is 10.8 Å². The molecule has 1 rings (SSSR count). The number of hydrogen-bond donors (Lipinski definition) is 1. The Labute approximate surface area is 98.3 Å². The summed E-state index contributed by atoms with van der Waals surface area (Å²) in [6, 6.07) is 7.03. The third kappa shape index (κ3) is 3.93. The average molecular weight is 246 g/mol. The van der Waals surface area contributed by atoms with Crippen LogP contribution in [0.5, 0.6) is 0 Å². The second-order valence-electron chi connectivity index (χ2n) is 3.87. The van der Waals surface area contributed by atoms with Gasteiger partial charge in [-0.05, 0) is 30.2 Å². The molecule has 0 saturated heterocycles. The zero-order valence-electron chi connectivity index (χ0n) is 8.94. The molecule has 1 aromatic rings. The summed E-state index contributed by atoms with van der Waals surface area (Å²) in [6.45, 7) is 4.06. The van der Waals surface area contributed by atoms with Gasteiger partial charge in [-0.2, -0.15) is 0 Å². The minimum absolute atomic E-state index is 0.0264. The van der Waals surface area contributed by atoms with Crippen molar-refractivity contribution in [1.29, 1.82) is 0 Å². The van der Waals surface area contributed by atoms with Gasteiger partial charge < -0.3 is 5.73 Å². The van der Waals surface area contributed by atoms with E-state index < -0.39 is 10.8 Å². The molecule has 4 heteroatoms.